The van der Waals surface area contributed by atoms with E-state index in [1.54, 1.807) is 0 Å². The Morgan fingerprint density at radius 3 is 2.63 bits per heavy atom. The normalized spacial score (nSPS) is 10.6. The third-order valence-corrected chi connectivity index (χ3v) is 3.23. The molecule has 0 radical (unpaired) electrons. The van der Waals surface area contributed by atoms with Gasteiger partial charge in [-0.15, -0.1) is 0 Å². The zero-order valence-corrected chi connectivity index (χ0v) is 12.2. The predicted octanol–water partition coefficient (Wildman–Crippen LogP) is 3.81. The molecule has 1 aromatic carbocycles. The van der Waals surface area contributed by atoms with E-state index in [-0.39, 0.29) is 0 Å². The van der Waals surface area contributed by atoms with Crippen LogP contribution in [-0.4, -0.2) is 21.4 Å². The van der Waals surface area contributed by atoms with Gasteiger partial charge in [0.25, 0.3) is 0 Å². The predicted molar refractivity (Wildman–Crippen MR) is 78.9 cm³/mol. The van der Waals surface area contributed by atoms with E-state index in [1.807, 2.05) is 31.2 Å². The molecule has 0 fully saturated rings. The molecule has 1 heterocycles. The van der Waals surface area contributed by atoms with Gasteiger partial charge in [0.15, 0.2) is 10.6 Å². The topological polar surface area (TPSA) is 42.8 Å². The second kappa shape index (κ2) is 6.52. The van der Waals surface area contributed by atoms with E-state index in [9.17, 15) is 0 Å². The lowest BCUT2D eigenvalue weighted by Gasteiger charge is -2.07. The van der Waals surface area contributed by atoms with Gasteiger partial charge in [-0.2, -0.15) is 5.10 Å². The summed E-state index contributed by atoms with van der Waals surface area (Å²) in [6.07, 6.45) is 2.23. The van der Waals surface area contributed by atoms with Gasteiger partial charge in [0.1, 0.15) is 5.75 Å². The zero-order valence-electron chi connectivity index (χ0n) is 11.3. The summed E-state index contributed by atoms with van der Waals surface area (Å²) in [6, 6.07) is 7.94. The Hall–Kier alpha value is -1.62. The SMILES string of the molecule is CCCCn1c(-c2ccc(OCC)cc2)n[nH]c1=S. The van der Waals surface area contributed by atoms with Crippen LogP contribution in [0.4, 0.5) is 0 Å². The number of nitrogens with one attached hydrogen (secondary N) is 1. The molecule has 0 aliphatic rings. The van der Waals surface area contributed by atoms with Crippen LogP contribution < -0.4 is 4.74 Å². The van der Waals surface area contributed by atoms with Crippen LogP contribution in [0.5, 0.6) is 5.75 Å². The Morgan fingerprint density at radius 1 is 1.26 bits per heavy atom. The van der Waals surface area contributed by atoms with Gasteiger partial charge < -0.3 is 9.30 Å². The number of H-pyrrole nitrogens is 1. The highest BCUT2D eigenvalue weighted by Crippen LogP contribution is 2.21. The lowest BCUT2D eigenvalue weighted by atomic mass is 10.2. The highest BCUT2D eigenvalue weighted by molar-refractivity contribution is 7.71. The maximum atomic E-state index is 5.44. The fraction of sp³-hybridized carbons (Fsp3) is 0.429. The summed E-state index contributed by atoms with van der Waals surface area (Å²) in [7, 11) is 0. The maximum absolute atomic E-state index is 5.44. The maximum Gasteiger partial charge on any atom is 0.195 e. The van der Waals surface area contributed by atoms with Crippen molar-refractivity contribution in [2.45, 2.75) is 33.2 Å². The monoisotopic (exact) mass is 277 g/mol. The minimum Gasteiger partial charge on any atom is -0.494 e. The number of hydrogen-bond donors (Lipinski definition) is 1. The first-order valence-corrected chi connectivity index (χ1v) is 7.05. The van der Waals surface area contributed by atoms with Gasteiger partial charge in [-0.25, -0.2) is 0 Å². The van der Waals surface area contributed by atoms with Crippen LogP contribution in [0.2, 0.25) is 0 Å². The molecule has 0 aliphatic carbocycles. The second-order valence-corrected chi connectivity index (χ2v) is 4.70. The van der Waals surface area contributed by atoms with E-state index in [4.69, 9.17) is 17.0 Å². The average molecular weight is 277 g/mol. The molecule has 102 valence electrons. The Labute approximate surface area is 118 Å². The molecule has 0 unspecified atom stereocenters. The van der Waals surface area contributed by atoms with Crippen LogP contribution >= 0.6 is 12.2 Å². The highest BCUT2D eigenvalue weighted by atomic mass is 32.1. The molecule has 4 nitrogen and oxygen atoms in total. The molecule has 0 bridgehead atoms. The lowest BCUT2D eigenvalue weighted by molar-refractivity contribution is 0.340. The van der Waals surface area contributed by atoms with E-state index < -0.39 is 0 Å². The molecule has 0 amide bonds. The lowest BCUT2D eigenvalue weighted by Crippen LogP contribution is -2.00. The summed E-state index contributed by atoms with van der Waals surface area (Å²) >= 11 is 5.27. The summed E-state index contributed by atoms with van der Waals surface area (Å²) in [5.41, 5.74) is 1.05. The van der Waals surface area contributed by atoms with Crippen molar-refractivity contribution in [1.29, 1.82) is 0 Å². The van der Waals surface area contributed by atoms with Crippen LogP contribution in [0, 0.1) is 4.77 Å². The summed E-state index contributed by atoms with van der Waals surface area (Å²) in [6.45, 7) is 5.72. The van der Waals surface area contributed by atoms with Gasteiger partial charge in [-0.3, -0.25) is 5.10 Å². The first-order valence-electron chi connectivity index (χ1n) is 6.64. The fourth-order valence-corrected chi connectivity index (χ4v) is 2.15. The minimum absolute atomic E-state index is 0.675. The number of unbranched alkanes of at least 4 members (excludes halogenated alkanes) is 1. The summed E-state index contributed by atoms with van der Waals surface area (Å²) < 4.78 is 8.17. The molecule has 2 rings (SSSR count). The van der Waals surface area contributed by atoms with E-state index in [0.717, 1.165) is 36.5 Å². The molecule has 0 spiro atoms. The fourth-order valence-electron chi connectivity index (χ4n) is 1.93. The van der Waals surface area contributed by atoms with E-state index in [1.165, 1.54) is 0 Å². The summed E-state index contributed by atoms with van der Waals surface area (Å²) in [5, 5.41) is 7.19. The quantitative estimate of drug-likeness (QED) is 0.817. The molecular weight excluding hydrogens is 258 g/mol. The van der Waals surface area contributed by atoms with Crippen LogP contribution in [0.25, 0.3) is 11.4 Å². The number of aromatic nitrogens is 3. The van der Waals surface area contributed by atoms with Crippen molar-refractivity contribution in [3.05, 3.63) is 29.0 Å². The van der Waals surface area contributed by atoms with Crippen molar-refractivity contribution in [2.24, 2.45) is 0 Å². The van der Waals surface area contributed by atoms with Gasteiger partial charge in [0, 0.05) is 12.1 Å². The standard InChI is InChI=1S/C14H19N3OS/c1-3-5-10-17-13(15-16-14(17)19)11-6-8-12(9-7-11)18-4-2/h6-9H,3-5,10H2,1-2H3,(H,16,19). The molecule has 0 aliphatic heterocycles. The van der Waals surface area contributed by atoms with Gasteiger partial charge in [0.2, 0.25) is 0 Å². The summed E-state index contributed by atoms with van der Waals surface area (Å²) in [4.78, 5) is 0. The van der Waals surface area contributed by atoms with Gasteiger partial charge in [-0.05, 0) is 49.8 Å². The number of aromatic amines is 1. The molecule has 1 aromatic heterocycles. The number of ether oxygens (including phenoxy) is 1. The Bertz CT molecular complexity index is 571. The molecule has 0 saturated carbocycles. The Kier molecular flexibility index (Phi) is 4.74. The second-order valence-electron chi connectivity index (χ2n) is 4.31. The number of nitrogens with zero attached hydrogens (tertiary/aromatic N) is 2. The molecular formula is C14H19N3OS. The van der Waals surface area contributed by atoms with Crippen LogP contribution in [0.1, 0.15) is 26.7 Å². The van der Waals surface area contributed by atoms with E-state index >= 15 is 0 Å². The molecule has 0 saturated heterocycles. The third-order valence-electron chi connectivity index (χ3n) is 2.92. The first-order chi connectivity index (χ1) is 9.26. The number of hydrogen-bond acceptors (Lipinski definition) is 3. The average Bonchev–Trinajstić information content (AvgIpc) is 2.79. The first kappa shape index (κ1) is 13.8. The largest absolute Gasteiger partial charge is 0.494 e. The molecule has 2 aromatic rings. The zero-order chi connectivity index (χ0) is 13.7. The number of rotatable bonds is 6. The van der Waals surface area contributed by atoms with Crippen molar-refractivity contribution in [3.63, 3.8) is 0 Å². The smallest absolute Gasteiger partial charge is 0.195 e. The van der Waals surface area contributed by atoms with Gasteiger partial charge >= 0.3 is 0 Å². The van der Waals surface area contributed by atoms with Gasteiger partial charge in [0.05, 0.1) is 6.61 Å². The van der Waals surface area contributed by atoms with Crippen molar-refractivity contribution in [1.82, 2.24) is 14.8 Å². The van der Waals surface area contributed by atoms with Crippen molar-refractivity contribution in [3.8, 4) is 17.1 Å². The van der Waals surface area contributed by atoms with E-state index in [0.29, 0.717) is 11.4 Å². The van der Waals surface area contributed by atoms with Gasteiger partial charge in [-0.1, -0.05) is 13.3 Å². The Morgan fingerprint density at radius 2 is 2.00 bits per heavy atom. The third kappa shape index (κ3) is 3.23. The number of benzene rings is 1. The Balaban J connectivity index is 2.28. The van der Waals surface area contributed by atoms with Crippen LogP contribution in [-0.2, 0) is 6.54 Å². The van der Waals surface area contributed by atoms with Crippen LogP contribution in [0.15, 0.2) is 24.3 Å². The van der Waals surface area contributed by atoms with E-state index in [2.05, 4.69) is 21.7 Å². The molecule has 19 heavy (non-hydrogen) atoms. The molecule has 1 N–H and O–H groups in total. The minimum atomic E-state index is 0.675. The van der Waals surface area contributed by atoms with Crippen LogP contribution in [0.3, 0.4) is 0 Å². The molecule has 5 heteroatoms. The molecule has 0 atom stereocenters. The van der Waals surface area contributed by atoms with Crippen molar-refractivity contribution >= 4 is 12.2 Å². The summed E-state index contributed by atoms with van der Waals surface area (Å²) in [5.74, 6) is 1.77. The van der Waals surface area contributed by atoms with Crippen molar-refractivity contribution < 1.29 is 4.74 Å². The van der Waals surface area contributed by atoms with Crippen molar-refractivity contribution in [2.75, 3.05) is 6.61 Å². The highest BCUT2D eigenvalue weighted by Gasteiger charge is 2.08.